The van der Waals surface area contributed by atoms with Crippen molar-refractivity contribution in [1.82, 2.24) is 4.90 Å². The molecule has 0 amide bonds. The molecule has 0 aromatic rings. The Morgan fingerprint density at radius 2 is 2.00 bits per heavy atom. The standard InChI is InChI=1S/C11H22FN/c1-5-13-7-6-9(10(12)8-13)11(2,3)4/h9-10H,5-8H2,1-4H3/t9-,10+/m1/s1. The second-order valence-corrected chi connectivity index (χ2v) is 5.17. The van der Waals surface area contributed by atoms with Crippen LogP contribution in [-0.2, 0) is 0 Å². The summed E-state index contributed by atoms with van der Waals surface area (Å²) < 4.78 is 13.7. The van der Waals surface area contributed by atoms with Gasteiger partial charge in [0.15, 0.2) is 0 Å². The smallest absolute Gasteiger partial charge is 0.116 e. The predicted molar refractivity (Wildman–Crippen MR) is 54.6 cm³/mol. The summed E-state index contributed by atoms with van der Waals surface area (Å²) in [5.74, 6) is 0.246. The number of likely N-dealkylation sites (tertiary alicyclic amines) is 1. The van der Waals surface area contributed by atoms with Crippen molar-refractivity contribution < 1.29 is 4.39 Å². The fourth-order valence-corrected chi connectivity index (χ4v) is 2.23. The summed E-state index contributed by atoms with van der Waals surface area (Å²) in [5.41, 5.74) is 0.124. The zero-order valence-corrected chi connectivity index (χ0v) is 9.31. The molecule has 1 aliphatic heterocycles. The van der Waals surface area contributed by atoms with Gasteiger partial charge < -0.3 is 4.90 Å². The molecule has 0 N–H and O–H groups in total. The van der Waals surface area contributed by atoms with Crippen molar-refractivity contribution in [1.29, 1.82) is 0 Å². The number of hydrogen-bond donors (Lipinski definition) is 0. The number of piperidine rings is 1. The molecule has 0 aromatic heterocycles. The van der Waals surface area contributed by atoms with E-state index < -0.39 is 6.17 Å². The van der Waals surface area contributed by atoms with Crippen LogP contribution < -0.4 is 0 Å². The van der Waals surface area contributed by atoms with E-state index in [0.29, 0.717) is 6.54 Å². The summed E-state index contributed by atoms with van der Waals surface area (Å²) >= 11 is 0. The maximum atomic E-state index is 13.7. The summed E-state index contributed by atoms with van der Waals surface area (Å²) in [6.07, 6.45) is 0.382. The Labute approximate surface area is 81.3 Å². The van der Waals surface area contributed by atoms with Crippen LogP contribution in [0.4, 0.5) is 4.39 Å². The number of nitrogens with zero attached hydrogens (tertiary/aromatic N) is 1. The van der Waals surface area contributed by atoms with E-state index in [9.17, 15) is 4.39 Å². The first-order chi connectivity index (χ1) is 5.95. The normalized spacial score (nSPS) is 32.1. The molecule has 0 aromatic carbocycles. The quantitative estimate of drug-likeness (QED) is 0.610. The van der Waals surface area contributed by atoms with E-state index in [1.54, 1.807) is 0 Å². The highest BCUT2D eigenvalue weighted by Crippen LogP contribution is 2.35. The van der Waals surface area contributed by atoms with Gasteiger partial charge in [0.1, 0.15) is 6.17 Å². The van der Waals surface area contributed by atoms with Crippen LogP contribution >= 0.6 is 0 Å². The molecule has 0 unspecified atom stereocenters. The van der Waals surface area contributed by atoms with Gasteiger partial charge in [0.05, 0.1) is 0 Å². The molecule has 0 spiro atoms. The minimum Gasteiger partial charge on any atom is -0.301 e. The molecule has 1 aliphatic rings. The van der Waals surface area contributed by atoms with Gasteiger partial charge in [0, 0.05) is 6.54 Å². The van der Waals surface area contributed by atoms with Crippen molar-refractivity contribution in [2.45, 2.75) is 40.3 Å². The predicted octanol–water partition coefficient (Wildman–Crippen LogP) is 2.71. The fraction of sp³-hybridized carbons (Fsp3) is 1.00. The highest BCUT2D eigenvalue weighted by molar-refractivity contribution is 4.86. The first-order valence-electron chi connectivity index (χ1n) is 5.31. The van der Waals surface area contributed by atoms with Crippen molar-refractivity contribution in [2.75, 3.05) is 19.6 Å². The SMILES string of the molecule is CCN1CC[C@@H](C(C)(C)C)[C@@H](F)C1. The van der Waals surface area contributed by atoms with E-state index in [-0.39, 0.29) is 11.3 Å². The Hall–Kier alpha value is -0.110. The van der Waals surface area contributed by atoms with E-state index in [1.165, 1.54) is 0 Å². The summed E-state index contributed by atoms with van der Waals surface area (Å²) in [5, 5.41) is 0. The average Bonchev–Trinajstić information content (AvgIpc) is 2.01. The van der Waals surface area contributed by atoms with Crippen molar-refractivity contribution in [3.05, 3.63) is 0 Å². The monoisotopic (exact) mass is 187 g/mol. The zero-order valence-electron chi connectivity index (χ0n) is 9.31. The third-order valence-electron chi connectivity index (χ3n) is 3.19. The molecule has 0 saturated carbocycles. The van der Waals surface area contributed by atoms with E-state index >= 15 is 0 Å². The van der Waals surface area contributed by atoms with Crippen molar-refractivity contribution in [3.8, 4) is 0 Å². The molecule has 2 atom stereocenters. The molecule has 13 heavy (non-hydrogen) atoms. The molecule has 1 rings (SSSR count). The summed E-state index contributed by atoms with van der Waals surface area (Å²) in [7, 11) is 0. The van der Waals surface area contributed by atoms with Crippen molar-refractivity contribution >= 4 is 0 Å². The third kappa shape index (κ3) is 2.67. The molecule has 0 bridgehead atoms. The Balaban J connectivity index is 2.53. The maximum absolute atomic E-state index is 13.7. The lowest BCUT2D eigenvalue weighted by atomic mass is 9.74. The molecule has 1 heterocycles. The minimum atomic E-state index is -0.631. The first kappa shape index (κ1) is 11.0. The van der Waals surface area contributed by atoms with Crippen molar-refractivity contribution in [3.63, 3.8) is 0 Å². The molecule has 0 radical (unpaired) electrons. The number of alkyl halides is 1. The number of hydrogen-bond acceptors (Lipinski definition) is 1. The summed E-state index contributed by atoms with van der Waals surface area (Å²) in [6.45, 7) is 11.2. The highest BCUT2D eigenvalue weighted by Gasteiger charge is 2.36. The van der Waals surface area contributed by atoms with E-state index in [1.807, 2.05) is 0 Å². The number of halogens is 1. The van der Waals surface area contributed by atoms with E-state index in [2.05, 4.69) is 32.6 Å². The minimum absolute atomic E-state index is 0.124. The fourth-order valence-electron chi connectivity index (χ4n) is 2.23. The van der Waals surface area contributed by atoms with Crippen LogP contribution in [0.3, 0.4) is 0 Å². The third-order valence-corrected chi connectivity index (χ3v) is 3.19. The van der Waals surface area contributed by atoms with Gasteiger partial charge in [-0.25, -0.2) is 4.39 Å². The molecule has 0 aliphatic carbocycles. The summed E-state index contributed by atoms with van der Waals surface area (Å²) in [6, 6.07) is 0. The van der Waals surface area contributed by atoms with Crippen LogP contribution in [0.5, 0.6) is 0 Å². The maximum Gasteiger partial charge on any atom is 0.116 e. The van der Waals surface area contributed by atoms with Crippen LogP contribution in [-0.4, -0.2) is 30.7 Å². The number of rotatable bonds is 1. The second-order valence-electron chi connectivity index (χ2n) is 5.17. The largest absolute Gasteiger partial charge is 0.301 e. The highest BCUT2D eigenvalue weighted by atomic mass is 19.1. The Morgan fingerprint density at radius 1 is 1.38 bits per heavy atom. The van der Waals surface area contributed by atoms with Gasteiger partial charge in [-0.05, 0) is 30.8 Å². The molecule has 1 fully saturated rings. The lowest BCUT2D eigenvalue weighted by Crippen LogP contribution is -2.45. The van der Waals surface area contributed by atoms with Gasteiger partial charge in [0.25, 0.3) is 0 Å². The van der Waals surface area contributed by atoms with Crippen LogP contribution in [0.1, 0.15) is 34.1 Å². The summed E-state index contributed by atoms with van der Waals surface area (Å²) in [4.78, 5) is 2.20. The lowest BCUT2D eigenvalue weighted by Gasteiger charge is -2.40. The molecule has 2 heteroatoms. The Bertz CT molecular complexity index is 162. The molecule has 1 saturated heterocycles. The van der Waals surface area contributed by atoms with Gasteiger partial charge in [-0.2, -0.15) is 0 Å². The molecular weight excluding hydrogens is 165 g/mol. The van der Waals surface area contributed by atoms with Crippen LogP contribution in [0, 0.1) is 11.3 Å². The first-order valence-corrected chi connectivity index (χ1v) is 5.31. The molecule has 1 nitrogen and oxygen atoms in total. The van der Waals surface area contributed by atoms with Crippen LogP contribution in [0.15, 0.2) is 0 Å². The van der Waals surface area contributed by atoms with E-state index in [0.717, 1.165) is 19.5 Å². The molecule has 78 valence electrons. The zero-order chi connectivity index (χ0) is 10.1. The van der Waals surface area contributed by atoms with Gasteiger partial charge in [-0.15, -0.1) is 0 Å². The topological polar surface area (TPSA) is 3.24 Å². The Kier molecular flexibility index (Phi) is 3.33. The van der Waals surface area contributed by atoms with Crippen LogP contribution in [0.2, 0.25) is 0 Å². The second kappa shape index (κ2) is 3.95. The van der Waals surface area contributed by atoms with Gasteiger partial charge in [-0.1, -0.05) is 27.7 Å². The van der Waals surface area contributed by atoms with Gasteiger partial charge in [-0.3, -0.25) is 0 Å². The van der Waals surface area contributed by atoms with Gasteiger partial charge in [0.2, 0.25) is 0 Å². The molecular formula is C11H22FN. The Morgan fingerprint density at radius 3 is 2.38 bits per heavy atom. The lowest BCUT2D eigenvalue weighted by molar-refractivity contribution is 0.0287. The van der Waals surface area contributed by atoms with Crippen molar-refractivity contribution in [2.24, 2.45) is 11.3 Å². The average molecular weight is 187 g/mol. The van der Waals surface area contributed by atoms with E-state index in [4.69, 9.17) is 0 Å². The van der Waals surface area contributed by atoms with Gasteiger partial charge >= 0.3 is 0 Å². The van der Waals surface area contributed by atoms with Crippen LogP contribution in [0.25, 0.3) is 0 Å².